The van der Waals surface area contributed by atoms with Gasteiger partial charge < -0.3 is 10.1 Å². The van der Waals surface area contributed by atoms with Crippen molar-refractivity contribution in [1.29, 1.82) is 0 Å². The van der Waals surface area contributed by atoms with Crippen LogP contribution in [0.2, 0.25) is 0 Å². The van der Waals surface area contributed by atoms with Crippen LogP contribution in [0.5, 0.6) is 0 Å². The molecule has 5 nitrogen and oxygen atoms in total. The van der Waals surface area contributed by atoms with Gasteiger partial charge in [-0.25, -0.2) is 8.42 Å². The first-order chi connectivity index (χ1) is 7.23. The highest BCUT2D eigenvalue weighted by molar-refractivity contribution is 9.09. The summed E-state index contributed by atoms with van der Waals surface area (Å²) in [5.41, 5.74) is 0. The molecular weight excluding hydrogens is 298 g/mol. The first-order valence-corrected chi connectivity index (χ1v) is 7.86. The van der Waals surface area contributed by atoms with E-state index >= 15 is 0 Å². The summed E-state index contributed by atoms with van der Waals surface area (Å²) in [7, 11) is -3.41. The average molecular weight is 316 g/mol. The number of rotatable bonds is 7. The number of sulfone groups is 1. The number of carbonyl (C=O) groups is 1. The van der Waals surface area contributed by atoms with Crippen LogP contribution in [0.15, 0.2) is 0 Å². The zero-order valence-electron chi connectivity index (χ0n) is 9.75. The number of nitrogens with one attached hydrogen (secondary N) is 1. The van der Waals surface area contributed by atoms with Crippen molar-refractivity contribution in [3.63, 3.8) is 0 Å². The molecule has 0 fully saturated rings. The van der Waals surface area contributed by atoms with Crippen molar-refractivity contribution in [2.75, 3.05) is 31.3 Å². The Balaban J connectivity index is 4.08. The molecule has 0 heterocycles. The molecule has 0 radical (unpaired) electrons. The van der Waals surface area contributed by atoms with Crippen molar-refractivity contribution >= 4 is 31.7 Å². The molecule has 0 spiro atoms. The number of hydrogen-bond donors (Lipinski definition) is 1. The molecular formula is C9H18BrNO4S. The Bertz CT molecular complexity index is 326. The van der Waals surface area contributed by atoms with Crippen LogP contribution in [0.1, 0.15) is 13.8 Å². The van der Waals surface area contributed by atoms with Gasteiger partial charge in [0, 0.05) is 18.1 Å². The topological polar surface area (TPSA) is 72.5 Å². The Morgan fingerprint density at radius 1 is 1.38 bits per heavy atom. The standard InChI is InChI=1S/C9H18BrNO4S/c1-9(2,16(3,13)14)8(12)11-5-7-15-6-4-10/h4-7H2,1-3H3,(H,11,12). The van der Waals surface area contributed by atoms with Crippen LogP contribution >= 0.6 is 15.9 Å². The summed E-state index contributed by atoms with van der Waals surface area (Å²) >= 11 is 3.20. The maximum absolute atomic E-state index is 11.6. The van der Waals surface area contributed by atoms with Crippen LogP contribution in [-0.4, -0.2) is 50.4 Å². The highest BCUT2D eigenvalue weighted by atomic mass is 79.9. The molecule has 16 heavy (non-hydrogen) atoms. The molecule has 0 aliphatic carbocycles. The summed E-state index contributed by atoms with van der Waals surface area (Å²) in [5, 5.41) is 3.26. The van der Waals surface area contributed by atoms with Gasteiger partial charge in [0.15, 0.2) is 9.84 Å². The molecule has 0 bridgehead atoms. The lowest BCUT2D eigenvalue weighted by Gasteiger charge is -2.21. The zero-order valence-corrected chi connectivity index (χ0v) is 12.2. The Kier molecular flexibility index (Phi) is 6.50. The molecule has 1 amide bonds. The second-order valence-electron chi connectivity index (χ2n) is 3.84. The molecule has 96 valence electrons. The normalized spacial score (nSPS) is 12.5. The second kappa shape index (κ2) is 6.56. The Hall–Kier alpha value is -0.140. The van der Waals surface area contributed by atoms with Gasteiger partial charge in [0.05, 0.1) is 13.2 Å². The third kappa shape index (κ3) is 4.80. The van der Waals surface area contributed by atoms with Gasteiger partial charge >= 0.3 is 0 Å². The smallest absolute Gasteiger partial charge is 0.240 e. The minimum atomic E-state index is -3.41. The Labute approximate surface area is 105 Å². The molecule has 0 saturated carbocycles. The van der Waals surface area contributed by atoms with E-state index < -0.39 is 20.5 Å². The molecule has 0 saturated heterocycles. The number of ether oxygens (including phenoxy) is 1. The molecule has 7 heteroatoms. The predicted octanol–water partition coefficient (Wildman–Crippen LogP) is 0.337. The molecule has 0 atom stereocenters. The van der Waals surface area contributed by atoms with Gasteiger partial charge in [0.1, 0.15) is 4.75 Å². The molecule has 0 aliphatic rings. The molecule has 0 aromatic carbocycles. The zero-order chi connectivity index (χ0) is 12.8. The lowest BCUT2D eigenvalue weighted by Crippen LogP contribution is -2.48. The fraction of sp³-hybridized carbons (Fsp3) is 0.889. The van der Waals surface area contributed by atoms with Gasteiger partial charge in [-0.05, 0) is 13.8 Å². The van der Waals surface area contributed by atoms with Gasteiger partial charge in [-0.3, -0.25) is 4.79 Å². The van der Waals surface area contributed by atoms with E-state index in [0.717, 1.165) is 11.6 Å². The van der Waals surface area contributed by atoms with Gasteiger partial charge in [-0.1, -0.05) is 15.9 Å². The second-order valence-corrected chi connectivity index (χ2v) is 7.20. The third-order valence-corrected chi connectivity index (χ3v) is 4.59. The maximum Gasteiger partial charge on any atom is 0.240 e. The minimum absolute atomic E-state index is 0.310. The van der Waals surface area contributed by atoms with Crippen LogP contribution in [0.25, 0.3) is 0 Å². The largest absolute Gasteiger partial charge is 0.379 e. The van der Waals surface area contributed by atoms with E-state index in [1.54, 1.807) is 0 Å². The number of hydrogen-bond acceptors (Lipinski definition) is 4. The predicted molar refractivity (Wildman–Crippen MR) is 66.5 cm³/mol. The summed E-state index contributed by atoms with van der Waals surface area (Å²) < 4.78 is 26.4. The average Bonchev–Trinajstić information content (AvgIpc) is 2.15. The van der Waals surface area contributed by atoms with Crippen LogP contribution in [-0.2, 0) is 19.4 Å². The van der Waals surface area contributed by atoms with E-state index in [1.165, 1.54) is 13.8 Å². The van der Waals surface area contributed by atoms with Crippen LogP contribution < -0.4 is 5.32 Å². The number of alkyl halides is 1. The van der Waals surface area contributed by atoms with Crippen LogP contribution in [0.3, 0.4) is 0 Å². The van der Waals surface area contributed by atoms with Crippen molar-refractivity contribution in [3.8, 4) is 0 Å². The fourth-order valence-corrected chi connectivity index (χ4v) is 1.41. The summed E-state index contributed by atoms with van der Waals surface area (Å²) in [5.74, 6) is -0.502. The number of carbonyl (C=O) groups excluding carboxylic acids is 1. The molecule has 1 N–H and O–H groups in total. The highest BCUT2D eigenvalue weighted by Crippen LogP contribution is 2.14. The summed E-state index contributed by atoms with van der Waals surface area (Å²) in [6, 6.07) is 0. The SMILES string of the molecule is CC(C)(C(=O)NCCOCCBr)S(C)(=O)=O. The fourth-order valence-electron chi connectivity index (χ4n) is 0.775. The molecule has 0 aromatic heterocycles. The van der Waals surface area contributed by atoms with E-state index in [0.29, 0.717) is 19.8 Å². The summed E-state index contributed by atoms with van der Waals surface area (Å²) in [6.07, 6.45) is 1.05. The molecule has 0 rings (SSSR count). The monoisotopic (exact) mass is 315 g/mol. The highest BCUT2D eigenvalue weighted by Gasteiger charge is 2.37. The Morgan fingerprint density at radius 3 is 2.38 bits per heavy atom. The Morgan fingerprint density at radius 2 is 1.94 bits per heavy atom. The van der Waals surface area contributed by atoms with Gasteiger partial charge in [0.2, 0.25) is 5.91 Å². The van der Waals surface area contributed by atoms with E-state index in [4.69, 9.17) is 4.74 Å². The van der Waals surface area contributed by atoms with Crippen molar-refractivity contribution in [1.82, 2.24) is 5.32 Å². The number of amides is 1. The third-order valence-electron chi connectivity index (χ3n) is 2.23. The van der Waals surface area contributed by atoms with Crippen LogP contribution in [0.4, 0.5) is 0 Å². The van der Waals surface area contributed by atoms with Crippen molar-refractivity contribution in [2.45, 2.75) is 18.6 Å². The van der Waals surface area contributed by atoms with Crippen molar-refractivity contribution < 1.29 is 17.9 Å². The van der Waals surface area contributed by atoms with Crippen molar-refractivity contribution in [2.24, 2.45) is 0 Å². The molecule has 0 unspecified atom stereocenters. The van der Waals surface area contributed by atoms with Gasteiger partial charge in [-0.15, -0.1) is 0 Å². The molecule has 0 aliphatic heterocycles. The van der Waals surface area contributed by atoms with E-state index in [1.807, 2.05) is 0 Å². The van der Waals surface area contributed by atoms with Crippen molar-refractivity contribution in [3.05, 3.63) is 0 Å². The summed E-state index contributed by atoms with van der Waals surface area (Å²) in [4.78, 5) is 11.6. The lowest BCUT2D eigenvalue weighted by molar-refractivity contribution is -0.123. The van der Waals surface area contributed by atoms with E-state index in [9.17, 15) is 13.2 Å². The number of halogens is 1. The maximum atomic E-state index is 11.6. The first kappa shape index (κ1) is 15.9. The van der Waals surface area contributed by atoms with Gasteiger partial charge in [0.25, 0.3) is 0 Å². The molecule has 0 aromatic rings. The van der Waals surface area contributed by atoms with Crippen LogP contribution in [0, 0.1) is 0 Å². The van der Waals surface area contributed by atoms with E-state index in [2.05, 4.69) is 21.2 Å². The lowest BCUT2D eigenvalue weighted by atomic mass is 10.2. The minimum Gasteiger partial charge on any atom is -0.379 e. The van der Waals surface area contributed by atoms with E-state index in [-0.39, 0.29) is 0 Å². The quantitative estimate of drug-likeness (QED) is 0.543. The first-order valence-electron chi connectivity index (χ1n) is 4.85. The summed E-state index contributed by atoms with van der Waals surface area (Å²) in [6.45, 7) is 4.02. The van der Waals surface area contributed by atoms with Gasteiger partial charge in [-0.2, -0.15) is 0 Å².